The van der Waals surface area contributed by atoms with Gasteiger partial charge in [0.25, 0.3) is 0 Å². The molecule has 5 nitrogen and oxygen atoms in total. The third kappa shape index (κ3) is 4.61. The normalized spacial score (nSPS) is 23.4. The fourth-order valence-corrected chi connectivity index (χ4v) is 1.95. The summed E-state index contributed by atoms with van der Waals surface area (Å²) in [6.45, 7) is 8.08. The van der Waals surface area contributed by atoms with E-state index in [9.17, 15) is 4.79 Å². The van der Waals surface area contributed by atoms with Crippen molar-refractivity contribution in [2.75, 3.05) is 40.0 Å². The van der Waals surface area contributed by atoms with Crippen LogP contribution >= 0.6 is 0 Å². The number of nitrogens with one attached hydrogen (secondary N) is 1. The van der Waals surface area contributed by atoms with Crippen LogP contribution < -0.4 is 5.32 Å². The monoisotopic (exact) mass is 244 g/mol. The van der Waals surface area contributed by atoms with Gasteiger partial charge in [-0.3, -0.25) is 9.69 Å². The Morgan fingerprint density at radius 3 is 3.00 bits per heavy atom. The summed E-state index contributed by atoms with van der Waals surface area (Å²) in [7, 11) is 1.44. The lowest BCUT2D eigenvalue weighted by Crippen LogP contribution is -2.52. The SMILES string of the molecule is CCCNC(CN1CCOCC1C)C(=O)OC. The van der Waals surface area contributed by atoms with Gasteiger partial charge in [-0.25, -0.2) is 0 Å². The number of rotatable bonds is 6. The highest BCUT2D eigenvalue weighted by Gasteiger charge is 2.26. The highest BCUT2D eigenvalue weighted by Crippen LogP contribution is 2.07. The molecular weight excluding hydrogens is 220 g/mol. The van der Waals surface area contributed by atoms with Crippen molar-refractivity contribution in [3.05, 3.63) is 0 Å². The van der Waals surface area contributed by atoms with E-state index in [1.165, 1.54) is 7.11 Å². The van der Waals surface area contributed by atoms with E-state index < -0.39 is 0 Å². The second kappa shape index (κ2) is 7.63. The molecule has 0 saturated carbocycles. The lowest BCUT2D eigenvalue weighted by atomic mass is 10.2. The Hall–Kier alpha value is -0.650. The van der Waals surface area contributed by atoms with Gasteiger partial charge < -0.3 is 14.8 Å². The van der Waals surface area contributed by atoms with Crippen LogP contribution in [0.15, 0.2) is 0 Å². The van der Waals surface area contributed by atoms with E-state index in [2.05, 4.69) is 24.1 Å². The molecular formula is C12H24N2O3. The van der Waals surface area contributed by atoms with Crippen molar-refractivity contribution in [1.82, 2.24) is 10.2 Å². The van der Waals surface area contributed by atoms with Crippen molar-refractivity contribution < 1.29 is 14.3 Å². The summed E-state index contributed by atoms with van der Waals surface area (Å²) in [5.74, 6) is -0.183. The van der Waals surface area contributed by atoms with Crippen molar-refractivity contribution in [3.63, 3.8) is 0 Å². The summed E-state index contributed by atoms with van der Waals surface area (Å²) >= 11 is 0. The average Bonchev–Trinajstić information content (AvgIpc) is 2.35. The van der Waals surface area contributed by atoms with Gasteiger partial charge in [0.2, 0.25) is 0 Å². The van der Waals surface area contributed by atoms with Crippen molar-refractivity contribution in [1.29, 1.82) is 0 Å². The van der Waals surface area contributed by atoms with Gasteiger partial charge in [0.05, 0.1) is 20.3 Å². The summed E-state index contributed by atoms with van der Waals surface area (Å²) < 4.78 is 10.2. The summed E-state index contributed by atoms with van der Waals surface area (Å²) in [4.78, 5) is 13.9. The average molecular weight is 244 g/mol. The number of morpholine rings is 1. The maximum atomic E-state index is 11.7. The summed E-state index contributed by atoms with van der Waals surface area (Å²) in [6, 6.07) is 0.125. The van der Waals surface area contributed by atoms with Gasteiger partial charge in [-0.2, -0.15) is 0 Å². The van der Waals surface area contributed by atoms with E-state index >= 15 is 0 Å². The fraction of sp³-hybridized carbons (Fsp3) is 0.917. The van der Waals surface area contributed by atoms with Gasteiger partial charge >= 0.3 is 5.97 Å². The van der Waals surface area contributed by atoms with Crippen LogP contribution in [0.2, 0.25) is 0 Å². The molecule has 5 heteroatoms. The summed E-state index contributed by atoms with van der Waals surface area (Å²) in [6.07, 6.45) is 1.01. The van der Waals surface area contributed by atoms with E-state index in [1.807, 2.05) is 0 Å². The number of carbonyl (C=O) groups is 1. The predicted octanol–water partition coefficient (Wildman–Crippen LogP) is 0.248. The Bertz CT molecular complexity index is 236. The number of hydrogen-bond acceptors (Lipinski definition) is 5. The molecule has 1 aliphatic heterocycles. The quantitative estimate of drug-likeness (QED) is 0.679. The Labute approximate surface area is 103 Å². The van der Waals surface area contributed by atoms with Crippen molar-refractivity contribution >= 4 is 5.97 Å². The number of ether oxygens (including phenoxy) is 2. The van der Waals surface area contributed by atoms with Crippen LogP contribution in [0.3, 0.4) is 0 Å². The van der Waals surface area contributed by atoms with Crippen LogP contribution in [0.5, 0.6) is 0 Å². The number of esters is 1. The number of carbonyl (C=O) groups excluding carboxylic acids is 1. The van der Waals surface area contributed by atoms with Crippen LogP contribution in [0.4, 0.5) is 0 Å². The molecule has 0 aromatic heterocycles. The molecule has 0 aromatic rings. The molecule has 0 aliphatic carbocycles. The molecule has 1 heterocycles. The molecule has 1 fully saturated rings. The molecule has 2 unspecified atom stereocenters. The first-order valence-corrected chi connectivity index (χ1v) is 6.32. The minimum absolute atomic E-state index is 0.183. The molecule has 1 aliphatic rings. The van der Waals surface area contributed by atoms with E-state index in [4.69, 9.17) is 9.47 Å². The minimum Gasteiger partial charge on any atom is -0.468 e. The molecule has 0 aromatic carbocycles. The zero-order chi connectivity index (χ0) is 12.7. The molecule has 0 radical (unpaired) electrons. The topological polar surface area (TPSA) is 50.8 Å². The number of hydrogen-bond donors (Lipinski definition) is 1. The van der Waals surface area contributed by atoms with Crippen LogP contribution in [0, 0.1) is 0 Å². The van der Waals surface area contributed by atoms with Gasteiger partial charge in [-0.05, 0) is 19.9 Å². The highest BCUT2D eigenvalue weighted by molar-refractivity contribution is 5.75. The van der Waals surface area contributed by atoms with Crippen LogP contribution in [0.1, 0.15) is 20.3 Å². The molecule has 0 amide bonds. The molecule has 0 spiro atoms. The third-order valence-corrected chi connectivity index (χ3v) is 3.05. The van der Waals surface area contributed by atoms with Crippen LogP contribution in [-0.2, 0) is 14.3 Å². The van der Waals surface area contributed by atoms with Crippen molar-refractivity contribution in [2.45, 2.75) is 32.4 Å². The largest absolute Gasteiger partial charge is 0.468 e. The number of nitrogens with zero attached hydrogens (tertiary/aromatic N) is 1. The van der Waals surface area contributed by atoms with Crippen molar-refractivity contribution in [3.8, 4) is 0 Å². The van der Waals surface area contributed by atoms with E-state index in [0.717, 1.165) is 32.7 Å². The van der Waals surface area contributed by atoms with Gasteiger partial charge in [0.1, 0.15) is 6.04 Å². The highest BCUT2D eigenvalue weighted by atomic mass is 16.5. The third-order valence-electron chi connectivity index (χ3n) is 3.05. The predicted molar refractivity (Wildman–Crippen MR) is 66.0 cm³/mol. The fourth-order valence-electron chi connectivity index (χ4n) is 1.95. The van der Waals surface area contributed by atoms with Gasteiger partial charge in [-0.1, -0.05) is 6.92 Å². The Morgan fingerprint density at radius 2 is 2.41 bits per heavy atom. The van der Waals surface area contributed by atoms with Gasteiger partial charge in [-0.15, -0.1) is 0 Å². The second-order valence-electron chi connectivity index (χ2n) is 4.45. The maximum Gasteiger partial charge on any atom is 0.324 e. The van der Waals surface area contributed by atoms with Crippen LogP contribution in [0.25, 0.3) is 0 Å². The first kappa shape index (κ1) is 14.4. The van der Waals surface area contributed by atoms with Gasteiger partial charge in [0.15, 0.2) is 0 Å². The van der Waals surface area contributed by atoms with Gasteiger partial charge in [0, 0.05) is 19.1 Å². The lowest BCUT2D eigenvalue weighted by molar-refractivity contribution is -0.144. The Kier molecular flexibility index (Phi) is 6.47. The van der Waals surface area contributed by atoms with E-state index in [-0.39, 0.29) is 12.0 Å². The first-order chi connectivity index (χ1) is 8.19. The zero-order valence-electron chi connectivity index (χ0n) is 11.1. The Morgan fingerprint density at radius 1 is 1.65 bits per heavy atom. The standard InChI is InChI=1S/C12H24N2O3/c1-4-5-13-11(12(15)16-3)8-14-6-7-17-9-10(14)2/h10-11,13H,4-9H2,1-3H3. The van der Waals surface area contributed by atoms with E-state index in [0.29, 0.717) is 12.6 Å². The lowest BCUT2D eigenvalue weighted by Gasteiger charge is -2.35. The second-order valence-corrected chi connectivity index (χ2v) is 4.45. The van der Waals surface area contributed by atoms with E-state index in [1.54, 1.807) is 0 Å². The molecule has 1 saturated heterocycles. The molecule has 100 valence electrons. The molecule has 17 heavy (non-hydrogen) atoms. The molecule has 1 N–H and O–H groups in total. The summed E-state index contributed by atoms with van der Waals surface area (Å²) in [5.41, 5.74) is 0. The Balaban J connectivity index is 2.48. The molecule has 0 bridgehead atoms. The molecule has 1 rings (SSSR count). The van der Waals surface area contributed by atoms with Crippen LogP contribution in [-0.4, -0.2) is 62.9 Å². The first-order valence-electron chi connectivity index (χ1n) is 6.32. The zero-order valence-corrected chi connectivity index (χ0v) is 11.1. The summed E-state index contributed by atoms with van der Waals surface area (Å²) in [5, 5.41) is 3.23. The smallest absolute Gasteiger partial charge is 0.324 e. The minimum atomic E-state index is -0.236. The molecule has 2 atom stereocenters. The van der Waals surface area contributed by atoms with Crippen molar-refractivity contribution in [2.24, 2.45) is 0 Å². The maximum absolute atomic E-state index is 11.7. The number of methoxy groups -OCH3 is 1.